The van der Waals surface area contributed by atoms with Crippen molar-refractivity contribution in [2.75, 3.05) is 0 Å². The molecule has 3 aromatic carbocycles. The number of benzene rings is 3. The van der Waals surface area contributed by atoms with Crippen LogP contribution >= 0.6 is 0 Å². The van der Waals surface area contributed by atoms with Gasteiger partial charge in [0.15, 0.2) is 5.58 Å². The first-order valence-corrected chi connectivity index (χ1v) is 10.9. The number of aryl methyl sites for hydroxylation is 2. The van der Waals surface area contributed by atoms with Crippen LogP contribution in [0.2, 0.25) is 0 Å². The topological polar surface area (TPSA) is 64.4 Å². The Morgan fingerprint density at radius 1 is 1.03 bits per heavy atom. The second-order valence-electron chi connectivity index (χ2n) is 8.16. The van der Waals surface area contributed by atoms with Gasteiger partial charge < -0.3 is 14.5 Å². The number of carbonyl (C=O) groups excluding carboxylic acids is 1. The lowest BCUT2D eigenvalue weighted by Gasteiger charge is -2.12. The summed E-state index contributed by atoms with van der Waals surface area (Å²) in [4.78, 5) is 17.1. The van der Waals surface area contributed by atoms with E-state index >= 15 is 0 Å². The highest BCUT2D eigenvalue weighted by Crippen LogP contribution is 2.26. The molecule has 0 fully saturated rings. The maximum atomic E-state index is 12.5. The monoisotopic (exact) mass is 428 g/mol. The third kappa shape index (κ3) is 4.83. The summed E-state index contributed by atoms with van der Waals surface area (Å²) in [5.74, 6) is 1.25. The van der Waals surface area contributed by atoms with Gasteiger partial charge in [0, 0.05) is 17.7 Å². The minimum Gasteiger partial charge on any atom is -0.491 e. The fourth-order valence-corrected chi connectivity index (χ4v) is 3.35. The van der Waals surface area contributed by atoms with Gasteiger partial charge in [0.2, 0.25) is 5.89 Å². The van der Waals surface area contributed by atoms with E-state index in [-0.39, 0.29) is 12.0 Å². The number of aromatic nitrogens is 1. The number of ether oxygens (including phenoxy) is 1. The normalized spacial score (nSPS) is 12.0. The number of rotatable bonds is 7. The van der Waals surface area contributed by atoms with Crippen LogP contribution in [-0.2, 0) is 6.54 Å². The average Bonchev–Trinajstić information content (AvgIpc) is 3.21. The summed E-state index contributed by atoms with van der Waals surface area (Å²) >= 11 is 0. The van der Waals surface area contributed by atoms with Crippen LogP contribution in [-0.4, -0.2) is 17.0 Å². The molecule has 5 nitrogen and oxygen atoms in total. The summed E-state index contributed by atoms with van der Waals surface area (Å²) in [7, 11) is 0. The Bertz CT molecular complexity index is 1190. The van der Waals surface area contributed by atoms with Crippen molar-refractivity contribution in [2.24, 2.45) is 0 Å². The van der Waals surface area contributed by atoms with Crippen molar-refractivity contribution in [2.45, 2.75) is 46.8 Å². The van der Waals surface area contributed by atoms with Gasteiger partial charge in [0.25, 0.3) is 5.91 Å². The van der Waals surface area contributed by atoms with Crippen LogP contribution in [0.15, 0.2) is 65.1 Å². The van der Waals surface area contributed by atoms with E-state index in [0.29, 0.717) is 18.0 Å². The first kappa shape index (κ1) is 21.6. The fraction of sp³-hybridized carbons (Fsp3) is 0.259. The van der Waals surface area contributed by atoms with E-state index < -0.39 is 0 Å². The number of fused-ring (bicyclic) bond motifs is 1. The van der Waals surface area contributed by atoms with Crippen molar-refractivity contribution < 1.29 is 13.9 Å². The zero-order valence-corrected chi connectivity index (χ0v) is 18.9. The van der Waals surface area contributed by atoms with Crippen molar-refractivity contribution in [1.29, 1.82) is 0 Å². The summed E-state index contributed by atoms with van der Waals surface area (Å²) in [6.07, 6.45) is 1.09. The molecule has 164 valence electrons. The lowest BCUT2D eigenvalue weighted by molar-refractivity contribution is 0.0951. The molecule has 32 heavy (non-hydrogen) atoms. The minimum atomic E-state index is -0.117. The summed E-state index contributed by atoms with van der Waals surface area (Å²) < 4.78 is 11.7. The molecule has 5 heteroatoms. The van der Waals surface area contributed by atoms with E-state index in [4.69, 9.17) is 9.15 Å². The van der Waals surface area contributed by atoms with Gasteiger partial charge in [0.05, 0.1) is 6.10 Å². The molecule has 0 saturated heterocycles. The Morgan fingerprint density at radius 3 is 2.41 bits per heavy atom. The smallest absolute Gasteiger partial charge is 0.251 e. The van der Waals surface area contributed by atoms with Crippen LogP contribution in [0.4, 0.5) is 0 Å². The van der Waals surface area contributed by atoms with E-state index in [1.54, 1.807) is 12.1 Å². The molecule has 1 heterocycles. The lowest BCUT2D eigenvalue weighted by atomic mass is 10.1. The van der Waals surface area contributed by atoms with Crippen LogP contribution in [0.25, 0.3) is 22.6 Å². The predicted molar refractivity (Wildman–Crippen MR) is 127 cm³/mol. The molecule has 1 atom stereocenters. The molecular formula is C27H28N2O3. The standard InChI is InChI=1S/C27H28N2O3/c1-5-19(4)31-23-12-10-21(11-13-23)26(30)28-16-20-6-8-22(9-7-20)27-29-24-14-17(2)18(3)15-25(24)32-27/h6-15,19H,5,16H2,1-4H3,(H,28,30)/t19-/m1/s1. The van der Waals surface area contributed by atoms with E-state index in [9.17, 15) is 4.79 Å². The van der Waals surface area contributed by atoms with Gasteiger partial charge in [-0.05, 0) is 92.4 Å². The second kappa shape index (κ2) is 9.27. The zero-order valence-electron chi connectivity index (χ0n) is 18.9. The number of hydrogen-bond donors (Lipinski definition) is 1. The largest absolute Gasteiger partial charge is 0.491 e. The van der Waals surface area contributed by atoms with Crippen LogP contribution in [0.5, 0.6) is 5.75 Å². The van der Waals surface area contributed by atoms with Gasteiger partial charge in [-0.2, -0.15) is 0 Å². The Labute approximate surface area is 188 Å². The number of amides is 1. The maximum absolute atomic E-state index is 12.5. The van der Waals surface area contributed by atoms with Gasteiger partial charge in [-0.3, -0.25) is 4.79 Å². The molecular weight excluding hydrogens is 400 g/mol. The minimum absolute atomic E-state index is 0.117. The number of hydrogen-bond acceptors (Lipinski definition) is 4. The Kier molecular flexibility index (Phi) is 6.26. The van der Waals surface area contributed by atoms with Gasteiger partial charge >= 0.3 is 0 Å². The molecule has 0 aliphatic heterocycles. The second-order valence-corrected chi connectivity index (χ2v) is 8.16. The molecule has 0 spiro atoms. The highest BCUT2D eigenvalue weighted by atomic mass is 16.5. The van der Waals surface area contributed by atoms with E-state index in [2.05, 4.69) is 31.1 Å². The number of oxazole rings is 1. The molecule has 0 unspecified atom stereocenters. The van der Waals surface area contributed by atoms with Gasteiger partial charge in [-0.1, -0.05) is 19.1 Å². The van der Waals surface area contributed by atoms with Crippen molar-refractivity contribution in [1.82, 2.24) is 10.3 Å². The molecule has 4 rings (SSSR count). The van der Waals surface area contributed by atoms with Gasteiger partial charge in [-0.15, -0.1) is 0 Å². The van der Waals surface area contributed by atoms with Crippen LogP contribution in [0, 0.1) is 13.8 Å². The summed E-state index contributed by atoms with van der Waals surface area (Å²) in [5.41, 5.74) is 6.55. The summed E-state index contributed by atoms with van der Waals surface area (Å²) in [5, 5.41) is 2.96. The molecule has 0 saturated carbocycles. The molecule has 1 amide bonds. The van der Waals surface area contributed by atoms with Crippen LogP contribution in [0.3, 0.4) is 0 Å². The predicted octanol–water partition coefficient (Wildman–Crippen LogP) is 6.22. The van der Waals surface area contributed by atoms with E-state index in [1.165, 1.54) is 11.1 Å². The molecule has 0 aliphatic carbocycles. The summed E-state index contributed by atoms with van der Waals surface area (Å²) in [6.45, 7) is 8.68. The lowest BCUT2D eigenvalue weighted by Crippen LogP contribution is -2.22. The van der Waals surface area contributed by atoms with Crippen molar-refractivity contribution >= 4 is 17.0 Å². The van der Waals surface area contributed by atoms with E-state index in [0.717, 1.165) is 34.4 Å². The molecule has 1 N–H and O–H groups in total. The van der Waals surface area contributed by atoms with E-state index in [1.807, 2.05) is 55.5 Å². The Hall–Kier alpha value is -3.60. The quantitative estimate of drug-likeness (QED) is 0.380. The molecule has 1 aromatic heterocycles. The fourth-order valence-electron chi connectivity index (χ4n) is 3.35. The number of nitrogens with one attached hydrogen (secondary N) is 1. The number of carbonyl (C=O) groups is 1. The average molecular weight is 429 g/mol. The molecule has 0 bridgehead atoms. The molecule has 4 aromatic rings. The zero-order chi connectivity index (χ0) is 22.7. The van der Waals surface area contributed by atoms with Crippen LogP contribution in [0.1, 0.15) is 47.3 Å². The number of nitrogens with zero attached hydrogens (tertiary/aromatic N) is 1. The highest BCUT2D eigenvalue weighted by molar-refractivity contribution is 5.94. The van der Waals surface area contributed by atoms with Gasteiger partial charge in [-0.25, -0.2) is 4.98 Å². The van der Waals surface area contributed by atoms with Crippen molar-refractivity contribution in [3.63, 3.8) is 0 Å². The maximum Gasteiger partial charge on any atom is 0.251 e. The summed E-state index contributed by atoms with van der Waals surface area (Å²) in [6, 6.07) is 19.2. The molecule has 0 radical (unpaired) electrons. The highest BCUT2D eigenvalue weighted by Gasteiger charge is 2.11. The SMILES string of the molecule is CC[C@@H](C)Oc1ccc(C(=O)NCc2ccc(-c3nc4cc(C)c(C)cc4o3)cc2)cc1. The third-order valence-corrected chi connectivity index (χ3v) is 5.69. The van der Waals surface area contributed by atoms with Crippen molar-refractivity contribution in [3.05, 3.63) is 82.9 Å². The first-order valence-electron chi connectivity index (χ1n) is 10.9. The van der Waals surface area contributed by atoms with Crippen LogP contribution < -0.4 is 10.1 Å². The Morgan fingerprint density at radius 2 is 1.72 bits per heavy atom. The third-order valence-electron chi connectivity index (χ3n) is 5.69. The van der Waals surface area contributed by atoms with Crippen molar-refractivity contribution in [3.8, 4) is 17.2 Å². The van der Waals surface area contributed by atoms with Gasteiger partial charge in [0.1, 0.15) is 11.3 Å². The Balaban J connectivity index is 1.38. The first-order chi connectivity index (χ1) is 15.4. The molecule has 0 aliphatic rings.